The molecule has 0 bridgehead atoms. The third-order valence-electron chi connectivity index (χ3n) is 7.78. The van der Waals surface area contributed by atoms with Gasteiger partial charge in [0.1, 0.15) is 0 Å². The highest BCUT2D eigenvalue weighted by atomic mass is 16.4. The van der Waals surface area contributed by atoms with Crippen molar-refractivity contribution in [2.24, 2.45) is 28.1 Å². The summed E-state index contributed by atoms with van der Waals surface area (Å²) < 4.78 is 0. The lowest BCUT2D eigenvalue weighted by molar-refractivity contribution is -0.174. The van der Waals surface area contributed by atoms with Crippen molar-refractivity contribution in [1.82, 2.24) is 0 Å². The molecule has 142 valence electrons. The van der Waals surface area contributed by atoms with Crippen molar-refractivity contribution in [3.8, 4) is 0 Å². The monoisotopic (exact) mass is 352 g/mol. The van der Waals surface area contributed by atoms with Crippen LogP contribution in [0.5, 0.6) is 0 Å². The van der Waals surface area contributed by atoms with Crippen LogP contribution < -0.4 is 0 Å². The molecule has 25 heavy (non-hydrogen) atoms. The van der Waals surface area contributed by atoms with Crippen molar-refractivity contribution in [1.29, 1.82) is 0 Å². The number of carboxylic acid groups (broad SMARTS) is 1. The molecule has 0 spiro atoms. The quantitative estimate of drug-likeness (QED) is 0.585. The van der Waals surface area contributed by atoms with Crippen molar-refractivity contribution in [2.45, 2.75) is 71.5 Å². The molecule has 0 heterocycles. The van der Waals surface area contributed by atoms with E-state index in [0.29, 0.717) is 12.8 Å². The molecule has 3 aliphatic carbocycles. The maximum atomic E-state index is 12.0. The van der Waals surface area contributed by atoms with E-state index in [1.54, 1.807) is 6.92 Å². The van der Waals surface area contributed by atoms with Crippen LogP contribution in [0.4, 0.5) is 0 Å². The van der Waals surface area contributed by atoms with Crippen LogP contribution in [0.2, 0.25) is 0 Å². The molecule has 5 nitrogen and oxygen atoms in total. The van der Waals surface area contributed by atoms with Crippen molar-refractivity contribution in [3.05, 3.63) is 11.6 Å². The summed E-state index contributed by atoms with van der Waals surface area (Å²) in [5.41, 5.74) is -0.265. The second-order valence-corrected chi connectivity index (χ2v) is 9.40. The summed E-state index contributed by atoms with van der Waals surface area (Å²) >= 11 is 0. The Hall–Kier alpha value is -0.910. The Balaban J connectivity index is 1.98. The van der Waals surface area contributed by atoms with Gasteiger partial charge in [0.15, 0.2) is 0 Å². The molecule has 0 aromatic carbocycles. The van der Waals surface area contributed by atoms with E-state index in [2.05, 4.69) is 13.0 Å². The molecule has 0 aromatic heterocycles. The molecule has 0 aliphatic heterocycles. The summed E-state index contributed by atoms with van der Waals surface area (Å²) in [4.78, 5) is 12.0. The molecule has 3 aliphatic rings. The SMILES string of the molecule is C[C@]12C[C@@H](O)C[C@@](C)(C(=O)O)[C@@H]1CCC1=C[C@@](C)([C@@H](O)CO)CC[C@@H]12. The highest BCUT2D eigenvalue weighted by molar-refractivity contribution is 5.75. The number of carboxylic acids is 1. The average molecular weight is 352 g/mol. The fraction of sp³-hybridized carbons (Fsp3) is 0.850. The maximum Gasteiger partial charge on any atom is 0.309 e. The van der Waals surface area contributed by atoms with E-state index in [1.165, 1.54) is 5.57 Å². The summed E-state index contributed by atoms with van der Waals surface area (Å²) in [5, 5.41) is 39.9. The molecule has 4 N–H and O–H groups in total. The third-order valence-corrected chi connectivity index (χ3v) is 7.78. The van der Waals surface area contributed by atoms with Gasteiger partial charge in [0.25, 0.3) is 0 Å². The van der Waals surface area contributed by atoms with Crippen LogP contribution in [-0.4, -0.2) is 45.2 Å². The van der Waals surface area contributed by atoms with Gasteiger partial charge in [-0.05, 0) is 62.7 Å². The maximum absolute atomic E-state index is 12.0. The number of fused-ring (bicyclic) bond motifs is 3. The van der Waals surface area contributed by atoms with Gasteiger partial charge in [-0.25, -0.2) is 0 Å². The van der Waals surface area contributed by atoms with E-state index in [-0.39, 0.29) is 23.9 Å². The lowest BCUT2D eigenvalue weighted by Crippen LogP contribution is -2.57. The molecule has 0 unspecified atom stereocenters. The number of hydrogen-bond acceptors (Lipinski definition) is 4. The lowest BCUT2D eigenvalue weighted by atomic mass is 9.44. The van der Waals surface area contributed by atoms with Gasteiger partial charge in [-0.1, -0.05) is 25.5 Å². The Labute approximate surface area is 149 Å². The van der Waals surface area contributed by atoms with E-state index in [9.17, 15) is 25.2 Å². The minimum absolute atomic E-state index is 0.0511. The Morgan fingerprint density at radius 3 is 2.56 bits per heavy atom. The fourth-order valence-electron chi connectivity index (χ4n) is 6.37. The van der Waals surface area contributed by atoms with E-state index in [0.717, 1.165) is 25.7 Å². The molecule has 2 saturated carbocycles. The number of rotatable bonds is 3. The molecular weight excluding hydrogens is 320 g/mol. The first kappa shape index (κ1) is 18.9. The van der Waals surface area contributed by atoms with Crippen LogP contribution in [0, 0.1) is 28.1 Å². The van der Waals surface area contributed by atoms with Crippen molar-refractivity contribution in [2.75, 3.05) is 6.61 Å². The number of hydrogen-bond donors (Lipinski definition) is 4. The fourth-order valence-corrected chi connectivity index (χ4v) is 6.37. The molecule has 0 radical (unpaired) electrons. The van der Waals surface area contributed by atoms with Crippen LogP contribution in [0.15, 0.2) is 11.6 Å². The molecule has 0 saturated heterocycles. The molecule has 0 aromatic rings. The summed E-state index contributed by atoms with van der Waals surface area (Å²) in [6.07, 6.45) is 5.04. The highest BCUT2D eigenvalue weighted by Gasteiger charge is 2.60. The zero-order chi connectivity index (χ0) is 18.6. The van der Waals surface area contributed by atoms with Crippen molar-refractivity contribution < 1.29 is 25.2 Å². The number of aliphatic hydroxyl groups is 3. The Bertz CT molecular complexity index is 587. The second-order valence-electron chi connectivity index (χ2n) is 9.40. The van der Waals surface area contributed by atoms with E-state index >= 15 is 0 Å². The van der Waals surface area contributed by atoms with Gasteiger partial charge in [-0.2, -0.15) is 0 Å². The zero-order valence-electron chi connectivity index (χ0n) is 15.5. The molecule has 7 atom stereocenters. The predicted octanol–water partition coefficient (Wildman–Crippen LogP) is 2.34. The van der Waals surface area contributed by atoms with E-state index < -0.39 is 29.0 Å². The van der Waals surface area contributed by atoms with Crippen LogP contribution >= 0.6 is 0 Å². The minimum Gasteiger partial charge on any atom is -0.481 e. The normalized spacial score (nSPS) is 48.1. The van der Waals surface area contributed by atoms with Crippen LogP contribution in [0.25, 0.3) is 0 Å². The molecule has 2 fully saturated rings. The van der Waals surface area contributed by atoms with Gasteiger partial charge in [0.05, 0.1) is 24.2 Å². The molecule has 0 amide bonds. The Morgan fingerprint density at radius 1 is 1.28 bits per heavy atom. The number of carbonyl (C=O) groups is 1. The van der Waals surface area contributed by atoms with Gasteiger partial charge in [-0.15, -0.1) is 0 Å². The Kier molecular flexibility index (Phi) is 4.58. The van der Waals surface area contributed by atoms with Gasteiger partial charge < -0.3 is 20.4 Å². The van der Waals surface area contributed by atoms with Crippen molar-refractivity contribution in [3.63, 3.8) is 0 Å². The highest BCUT2D eigenvalue weighted by Crippen LogP contribution is 2.64. The van der Waals surface area contributed by atoms with Gasteiger partial charge in [0, 0.05) is 5.41 Å². The van der Waals surface area contributed by atoms with Crippen molar-refractivity contribution >= 4 is 5.97 Å². The van der Waals surface area contributed by atoms with Gasteiger partial charge >= 0.3 is 5.97 Å². The number of allylic oxidation sites excluding steroid dienone is 1. The first-order valence-corrected chi connectivity index (χ1v) is 9.49. The average Bonchev–Trinajstić information content (AvgIpc) is 2.52. The summed E-state index contributed by atoms with van der Waals surface area (Å²) in [6.45, 7) is 5.70. The third kappa shape index (κ3) is 2.75. The topological polar surface area (TPSA) is 98.0 Å². The standard InChI is InChI=1S/C20H32O5/c1-18(16(23)11-21)7-6-14-12(8-18)4-5-15-19(14,2)9-13(22)10-20(15,3)17(24)25/h8,13-16,21-23H,4-7,9-11H2,1-3H3,(H,24,25)/t13-,14+,15-,16+,18+,19-,20-/m1/s1. The first-order valence-electron chi connectivity index (χ1n) is 9.49. The van der Waals surface area contributed by atoms with Crippen LogP contribution in [-0.2, 0) is 4.79 Å². The van der Waals surface area contributed by atoms with E-state index in [1.807, 2.05) is 6.92 Å². The lowest BCUT2D eigenvalue weighted by Gasteiger charge is -2.60. The second kappa shape index (κ2) is 6.07. The minimum atomic E-state index is -0.886. The van der Waals surface area contributed by atoms with Gasteiger partial charge in [-0.3, -0.25) is 4.79 Å². The van der Waals surface area contributed by atoms with E-state index in [4.69, 9.17) is 0 Å². The molecular formula is C20H32O5. The Morgan fingerprint density at radius 2 is 1.96 bits per heavy atom. The predicted molar refractivity (Wildman–Crippen MR) is 93.8 cm³/mol. The summed E-state index contributed by atoms with van der Waals surface area (Å²) in [6, 6.07) is 0. The number of aliphatic carboxylic acids is 1. The molecule has 5 heteroatoms. The summed E-state index contributed by atoms with van der Waals surface area (Å²) in [5.74, 6) is -0.500. The van der Waals surface area contributed by atoms with Gasteiger partial charge in [0.2, 0.25) is 0 Å². The van der Waals surface area contributed by atoms with Crippen LogP contribution in [0.1, 0.15) is 59.3 Å². The first-order chi connectivity index (χ1) is 11.6. The zero-order valence-corrected chi connectivity index (χ0v) is 15.5. The largest absolute Gasteiger partial charge is 0.481 e. The number of aliphatic hydroxyl groups excluding tert-OH is 3. The smallest absolute Gasteiger partial charge is 0.309 e. The molecule has 3 rings (SSSR count). The van der Waals surface area contributed by atoms with Crippen LogP contribution in [0.3, 0.4) is 0 Å². The summed E-state index contributed by atoms with van der Waals surface area (Å²) in [7, 11) is 0.